The number of carboxylic acid groups (broad SMARTS) is 1. The predicted molar refractivity (Wildman–Crippen MR) is 108 cm³/mol. The SMILES string of the molecule is CC(O)C(NC(=O)C1CCCN1C(=O)C(CCC(N)=O)NC(=O)C(N)CS)C(=O)O. The number of nitrogens with two attached hydrogens (primary N) is 2. The fourth-order valence-corrected chi connectivity index (χ4v) is 3.21. The van der Waals surface area contributed by atoms with Crippen molar-refractivity contribution in [3.8, 4) is 0 Å². The number of hydrogen-bond acceptors (Lipinski definition) is 8. The lowest BCUT2D eigenvalue weighted by molar-refractivity contribution is -0.147. The molecule has 1 fully saturated rings. The van der Waals surface area contributed by atoms with Gasteiger partial charge in [-0.2, -0.15) is 12.6 Å². The molecule has 0 radical (unpaired) electrons. The molecule has 0 bridgehead atoms. The molecule has 12 nitrogen and oxygen atoms in total. The van der Waals surface area contributed by atoms with E-state index < -0.39 is 59.9 Å². The summed E-state index contributed by atoms with van der Waals surface area (Å²) in [6.45, 7) is 1.42. The van der Waals surface area contributed by atoms with E-state index in [-0.39, 0.29) is 31.6 Å². The molecule has 0 saturated carbocycles. The van der Waals surface area contributed by atoms with Gasteiger partial charge in [-0.1, -0.05) is 0 Å². The molecule has 5 unspecified atom stereocenters. The second-order valence-electron chi connectivity index (χ2n) is 7.11. The highest BCUT2D eigenvalue weighted by Gasteiger charge is 2.39. The van der Waals surface area contributed by atoms with E-state index in [0.29, 0.717) is 6.42 Å². The van der Waals surface area contributed by atoms with Crippen LogP contribution < -0.4 is 22.1 Å². The number of nitrogens with one attached hydrogen (secondary N) is 2. The zero-order chi connectivity index (χ0) is 23.0. The van der Waals surface area contributed by atoms with Crippen LogP contribution in [0, 0.1) is 0 Å². The fourth-order valence-electron chi connectivity index (χ4n) is 3.05. The number of carbonyl (C=O) groups is 5. The zero-order valence-electron chi connectivity index (χ0n) is 16.6. The molecule has 0 aromatic heterocycles. The van der Waals surface area contributed by atoms with Crippen LogP contribution in [-0.2, 0) is 24.0 Å². The minimum atomic E-state index is -1.53. The molecule has 1 heterocycles. The summed E-state index contributed by atoms with van der Waals surface area (Å²) in [5.41, 5.74) is 10.8. The zero-order valence-corrected chi connectivity index (χ0v) is 17.5. The number of carboxylic acids is 1. The van der Waals surface area contributed by atoms with Gasteiger partial charge in [0, 0.05) is 18.7 Å². The number of primary amides is 1. The maximum atomic E-state index is 13.0. The number of likely N-dealkylation sites (tertiary alicyclic amines) is 1. The molecule has 1 aliphatic rings. The van der Waals surface area contributed by atoms with Crippen molar-refractivity contribution >= 4 is 42.2 Å². The van der Waals surface area contributed by atoms with E-state index in [9.17, 15) is 29.1 Å². The summed E-state index contributed by atoms with van der Waals surface area (Å²) in [5, 5.41) is 23.4. The largest absolute Gasteiger partial charge is 0.480 e. The van der Waals surface area contributed by atoms with Crippen LogP contribution in [0.1, 0.15) is 32.6 Å². The summed E-state index contributed by atoms with van der Waals surface area (Å²) < 4.78 is 0. The van der Waals surface area contributed by atoms with E-state index in [1.165, 1.54) is 11.8 Å². The quantitative estimate of drug-likeness (QED) is 0.161. The summed E-state index contributed by atoms with van der Waals surface area (Å²) >= 11 is 3.93. The first-order valence-electron chi connectivity index (χ1n) is 9.46. The molecule has 170 valence electrons. The van der Waals surface area contributed by atoms with E-state index in [4.69, 9.17) is 16.6 Å². The summed E-state index contributed by atoms with van der Waals surface area (Å²) in [4.78, 5) is 61.3. The molecule has 0 aliphatic carbocycles. The number of rotatable bonds is 11. The lowest BCUT2D eigenvalue weighted by atomic mass is 10.1. The van der Waals surface area contributed by atoms with Gasteiger partial charge >= 0.3 is 5.97 Å². The molecular weight excluding hydrogens is 418 g/mol. The number of aliphatic hydroxyl groups excluding tert-OH is 1. The van der Waals surface area contributed by atoms with E-state index in [1.807, 2.05) is 0 Å². The number of aliphatic carboxylic acids is 1. The van der Waals surface area contributed by atoms with Gasteiger partial charge in [-0.25, -0.2) is 4.79 Å². The number of carbonyl (C=O) groups excluding carboxylic acids is 4. The van der Waals surface area contributed by atoms with Gasteiger partial charge in [0.15, 0.2) is 6.04 Å². The van der Waals surface area contributed by atoms with E-state index in [2.05, 4.69) is 23.3 Å². The van der Waals surface area contributed by atoms with Gasteiger partial charge < -0.3 is 37.2 Å². The van der Waals surface area contributed by atoms with Crippen molar-refractivity contribution in [2.45, 2.75) is 62.9 Å². The van der Waals surface area contributed by atoms with Crippen molar-refractivity contribution in [2.75, 3.05) is 12.3 Å². The van der Waals surface area contributed by atoms with Crippen molar-refractivity contribution in [3.63, 3.8) is 0 Å². The number of nitrogens with zero attached hydrogens (tertiary/aromatic N) is 1. The summed E-state index contributed by atoms with van der Waals surface area (Å²) in [6.07, 6.45) is -0.864. The second-order valence-corrected chi connectivity index (χ2v) is 7.48. The predicted octanol–water partition coefficient (Wildman–Crippen LogP) is -3.06. The highest BCUT2D eigenvalue weighted by atomic mass is 32.1. The number of hydrogen-bond donors (Lipinski definition) is 7. The first-order valence-corrected chi connectivity index (χ1v) is 10.1. The Morgan fingerprint density at radius 2 is 1.87 bits per heavy atom. The van der Waals surface area contributed by atoms with Gasteiger partial charge in [0.25, 0.3) is 0 Å². The molecule has 30 heavy (non-hydrogen) atoms. The molecule has 13 heteroatoms. The highest BCUT2D eigenvalue weighted by Crippen LogP contribution is 2.20. The summed E-state index contributed by atoms with van der Waals surface area (Å²) in [5.74, 6) is -4.04. The molecule has 5 atom stereocenters. The third-order valence-electron chi connectivity index (χ3n) is 4.71. The maximum absolute atomic E-state index is 13.0. The van der Waals surface area contributed by atoms with Crippen molar-refractivity contribution in [2.24, 2.45) is 11.5 Å². The standard InChI is InChI=1S/C17H29N5O7S/c1-8(23)13(17(28)29)21-15(26)11-3-2-6-22(11)16(27)10(4-5-12(19)24)20-14(25)9(18)7-30/h8-11,13,23,30H,2-7,18H2,1H3,(H2,19,24)(H,20,25)(H,21,26)(H,28,29). The van der Waals surface area contributed by atoms with Crippen LogP contribution in [0.2, 0.25) is 0 Å². The van der Waals surface area contributed by atoms with Crippen molar-refractivity contribution < 1.29 is 34.2 Å². The van der Waals surface area contributed by atoms with E-state index in [0.717, 1.165) is 0 Å². The minimum Gasteiger partial charge on any atom is -0.480 e. The van der Waals surface area contributed by atoms with Crippen molar-refractivity contribution in [1.29, 1.82) is 0 Å². The molecule has 0 aromatic rings. The number of thiol groups is 1. The molecular formula is C17H29N5O7S. The number of aliphatic hydroxyl groups is 1. The molecule has 0 aromatic carbocycles. The third-order valence-corrected chi connectivity index (χ3v) is 5.11. The van der Waals surface area contributed by atoms with Gasteiger partial charge in [0.05, 0.1) is 12.1 Å². The monoisotopic (exact) mass is 447 g/mol. The Kier molecular flexibility index (Phi) is 10.0. The van der Waals surface area contributed by atoms with Gasteiger partial charge in [0.2, 0.25) is 23.6 Å². The summed E-state index contributed by atoms with van der Waals surface area (Å²) in [7, 11) is 0. The molecule has 1 saturated heterocycles. The van der Waals surface area contributed by atoms with Crippen LogP contribution in [0.4, 0.5) is 0 Å². The summed E-state index contributed by atoms with van der Waals surface area (Å²) in [6, 6.07) is -4.63. The van der Waals surface area contributed by atoms with Crippen LogP contribution in [0.3, 0.4) is 0 Å². The van der Waals surface area contributed by atoms with E-state index in [1.54, 1.807) is 0 Å². The van der Waals surface area contributed by atoms with Crippen LogP contribution in [0.5, 0.6) is 0 Å². The van der Waals surface area contributed by atoms with Crippen LogP contribution in [0.15, 0.2) is 0 Å². The smallest absolute Gasteiger partial charge is 0.328 e. The lowest BCUT2D eigenvalue weighted by Crippen LogP contribution is -2.58. The average Bonchev–Trinajstić information content (AvgIpc) is 3.16. The topological polar surface area (TPSA) is 205 Å². The minimum absolute atomic E-state index is 0.0349. The van der Waals surface area contributed by atoms with Crippen LogP contribution in [0.25, 0.3) is 0 Å². The van der Waals surface area contributed by atoms with Gasteiger partial charge in [-0.3, -0.25) is 19.2 Å². The Labute approximate surface area is 179 Å². The lowest BCUT2D eigenvalue weighted by Gasteiger charge is -2.30. The molecule has 1 aliphatic heterocycles. The molecule has 0 spiro atoms. The Balaban J connectivity index is 2.97. The van der Waals surface area contributed by atoms with Crippen LogP contribution in [-0.4, -0.2) is 87.3 Å². The van der Waals surface area contributed by atoms with Crippen molar-refractivity contribution in [3.05, 3.63) is 0 Å². The van der Waals surface area contributed by atoms with E-state index >= 15 is 0 Å². The Bertz CT molecular complexity index is 675. The van der Waals surface area contributed by atoms with Gasteiger partial charge in [-0.15, -0.1) is 0 Å². The normalized spacial score (nSPS) is 20.0. The fraction of sp³-hybridized carbons (Fsp3) is 0.706. The average molecular weight is 448 g/mol. The highest BCUT2D eigenvalue weighted by molar-refractivity contribution is 7.80. The number of amides is 4. The Morgan fingerprint density at radius 3 is 2.37 bits per heavy atom. The first kappa shape index (κ1) is 25.7. The third kappa shape index (κ3) is 7.15. The Morgan fingerprint density at radius 1 is 1.23 bits per heavy atom. The first-order chi connectivity index (χ1) is 14.0. The Hall–Kier alpha value is -2.38. The van der Waals surface area contributed by atoms with Gasteiger partial charge in [0.1, 0.15) is 12.1 Å². The molecule has 4 amide bonds. The van der Waals surface area contributed by atoms with Crippen molar-refractivity contribution in [1.82, 2.24) is 15.5 Å². The van der Waals surface area contributed by atoms with Crippen LogP contribution >= 0.6 is 12.6 Å². The molecule has 1 rings (SSSR count). The molecule has 8 N–H and O–H groups in total. The van der Waals surface area contributed by atoms with Gasteiger partial charge in [-0.05, 0) is 26.2 Å². The second kappa shape index (κ2) is 11.7. The maximum Gasteiger partial charge on any atom is 0.328 e.